The number of nitrogens with one attached hydrogen (secondary N) is 1. The number of hydrogen-bond acceptors (Lipinski definition) is 4. The Morgan fingerprint density at radius 1 is 1.00 bits per heavy atom. The van der Waals surface area contributed by atoms with E-state index >= 15 is 0 Å². The summed E-state index contributed by atoms with van der Waals surface area (Å²) in [6, 6.07) is 0.722. The number of hydrogen-bond donors (Lipinski definition) is 1. The van der Waals surface area contributed by atoms with Gasteiger partial charge in [0.25, 0.3) is 0 Å². The molecule has 0 aliphatic heterocycles. The molecule has 4 heteroatoms. The Labute approximate surface area is 125 Å². The molecule has 0 aromatic rings. The molecule has 0 radical (unpaired) electrons. The Bertz CT molecular complexity index is 217. The molecule has 0 heterocycles. The van der Waals surface area contributed by atoms with Crippen LogP contribution in [-0.4, -0.2) is 63.5 Å². The third-order valence-corrected chi connectivity index (χ3v) is 4.13. The normalized spacial score (nSPS) is 22.2. The fourth-order valence-corrected chi connectivity index (χ4v) is 2.83. The molecular formula is C16H34N2O2. The van der Waals surface area contributed by atoms with E-state index in [1.807, 2.05) is 0 Å². The average Bonchev–Trinajstić information content (AvgIpc) is 2.42. The molecule has 1 N–H and O–H groups in total. The summed E-state index contributed by atoms with van der Waals surface area (Å²) in [6.07, 6.45) is 3.91. The van der Waals surface area contributed by atoms with Crippen molar-refractivity contribution in [1.29, 1.82) is 0 Å². The van der Waals surface area contributed by atoms with E-state index in [9.17, 15) is 0 Å². The van der Waals surface area contributed by atoms with Gasteiger partial charge in [-0.3, -0.25) is 4.90 Å². The third-order valence-electron chi connectivity index (χ3n) is 4.13. The summed E-state index contributed by atoms with van der Waals surface area (Å²) < 4.78 is 11.0. The molecule has 1 aliphatic carbocycles. The second kappa shape index (κ2) is 11.5. The van der Waals surface area contributed by atoms with E-state index in [0.717, 1.165) is 64.6 Å². The largest absolute Gasteiger partial charge is 0.380 e. The van der Waals surface area contributed by atoms with Gasteiger partial charge in [-0.15, -0.1) is 0 Å². The predicted molar refractivity (Wildman–Crippen MR) is 84.2 cm³/mol. The molecule has 0 bridgehead atoms. The van der Waals surface area contributed by atoms with Gasteiger partial charge in [-0.05, 0) is 52.1 Å². The van der Waals surface area contributed by atoms with Crippen LogP contribution in [0.4, 0.5) is 0 Å². The van der Waals surface area contributed by atoms with E-state index in [1.54, 1.807) is 0 Å². The fourth-order valence-electron chi connectivity index (χ4n) is 2.83. The van der Waals surface area contributed by atoms with Crippen LogP contribution in [0.3, 0.4) is 0 Å². The van der Waals surface area contributed by atoms with Crippen molar-refractivity contribution < 1.29 is 9.47 Å². The van der Waals surface area contributed by atoms with Gasteiger partial charge < -0.3 is 14.8 Å². The highest BCUT2D eigenvalue weighted by molar-refractivity contribution is 4.90. The smallest absolute Gasteiger partial charge is 0.0593 e. The van der Waals surface area contributed by atoms with E-state index in [2.05, 4.69) is 31.0 Å². The van der Waals surface area contributed by atoms with E-state index in [1.165, 1.54) is 19.3 Å². The van der Waals surface area contributed by atoms with Crippen molar-refractivity contribution >= 4 is 0 Å². The molecule has 2 atom stereocenters. The van der Waals surface area contributed by atoms with Gasteiger partial charge >= 0.3 is 0 Å². The molecule has 0 aromatic carbocycles. The van der Waals surface area contributed by atoms with Gasteiger partial charge in [-0.2, -0.15) is 0 Å². The zero-order chi connectivity index (χ0) is 14.6. The molecule has 0 spiro atoms. The summed E-state index contributed by atoms with van der Waals surface area (Å²) in [5.41, 5.74) is 0. The minimum atomic E-state index is 0.722. The molecule has 1 rings (SSSR count). The van der Waals surface area contributed by atoms with Crippen molar-refractivity contribution in [2.45, 2.75) is 46.1 Å². The first-order valence-corrected chi connectivity index (χ1v) is 8.43. The van der Waals surface area contributed by atoms with E-state index in [4.69, 9.17) is 9.47 Å². The lowest BCUT2D eigenvalue weighted by Gasteiger charge is -2.44. The van der Waals surface area contributed by atoms with Crippen LogP contribution in [0.15, 0.2) is 0 Å². The second-order valence-corrected chi connectivity index (χ2v) is 5.54. The van der Waals surface area contributed by atoms with Crippen LogP contribution in [0.5, 0.6) is 0 Å². The van der Waals surface area contributed by atoms with Gasteiger partial charge in [0.15, 0.2) is 0 Å². The lowest BCUT2D eigenvalue weighted by Crippen LogP contribution is -2.52. The summed E-state index contributed by atoms with van der Waals surface area (Å²) in [7, 11) is 0. The SMILES string of the molecule is CCCNCC1CCC1N(CCOCC)CCOCC. The van der Waals surface area contributed by atoms with Crippen molar-refractivity contribution in [3.05, 3.63) is 0 Å². The van der Waals surface area contributed by atoms with Crippen molar-refractivity contribution in [1.82, 2.24) is 10.2 Å². The van der Waals surface area contributed by atoms with Crippen molar-refractivity contribution in [2.75, 3.05) is 52.6 Å². The summed E-state index contributed by atoms with van der Waals surface area (Å²) >= 11 is 0. The van der Waals surface area contributed by atoms with Gasteiger partial charge in [0.05, 0.1) is 13.2 Å². The van der Waals surface area contributed by atoms with E-state index in [0.29, 0.717) is 0 Å². The lowest BCUT2D eigenvalue weighted by atomic mass is 9.78. The van der Waals surface area contributed by atoms with Gasteiger partial charge in [-0.25, -0.2) is 0 Å². The van der Waals surface area contributed by atoms with Crippen molar-refractivity contribution in [2.24, 2.45) is 5.92 Å². The summed E-state index contributed by atoms with van der Waals surface area (Å²) in [5, 5.41) is 3.57. The first kappa shape index (κ1) is 17.9. The number of rotatable bonds is 13. The standard InChI is InChI=1S/C16H34N2O2/c1-4-9-17-14-15-7-8-16(15)18(10-12-19-5-2)11-13-20-6-3/h15-17H,4-14H2,1-3H3. The highest BCUT2D eigenvalue weighted by atomic mass is 16.5. The Kier molecular flexibility index (Phi) is 10.3. The predicted octanol–water partition coefficient (Wildman–Crippen LogP) is 2.14. The Balaban J connectivity index is 2.31. The molecule has 4 nitrogen and oxygen atoms in total. The zero-order valence-electron chi connectivity index (χ0n) is 13.7. The van der Waals surface area contributed by atoms with Crippen LogP contribution < -0.4 is 5.32 Å². The van der Waals surface area contributed by atoms with Crippen LogP contribution in [0.2, 0.25) is 0 Å². The minimum absolute atomic E-state index is 0.722. The first-order chi connectivity index (χ1) is 9.83. The number of ether oxygens (including phenoxy) is 2. The van der Waals surface area contributed by atoms with E-state index in [-0.39, 0.29) is 0 Å². The molecule has 0 amide bonds. The Morgan fingerprint density at radius 3 is 2.10 bits per heavy atom. The molecule has 20 heavy (non-hydrogen) atoms. The molecule has 0 aromatic heterocycles. The molecule has 120 valence electrons. The summed E-state index contributed by atoms with van der Waals surface area (Å²) in [5.74, 6) is 0.810. The maximum atomic E-state index is 5.52. The third kappa shape index (κ3) is 6.53. The minimum Gasteiger partial charge on any atom is -0.380 e. The molecule has 1 aliphatic rings. The fraction of sp³-hybridized carbons (Fsp3) is 1.00. The summed E-state index contributed by atoms with van der Waals surface area (Å²) in [4.78, 5) is 2.58. The van der Waals surface area contributed by atoms with Crippen molar-refractivity contribution in [3.8, 4) is 0 Å². The molecule has 1 fully saturated rings. The highest BCUT2D eigenvalue weighted by Crippen LogP contribution is 2.31. The zero-order valence-corrected chi connectivity index (χ0v) is 13.7. The number of nitrogens with zero attached hydrogens (tertiary/aromatic N) is 1. The first-order valence-electron chi connectivity index (χ1n) is 8.43. The summed E-state index contributed by atoms with van der Waals surface area (Å²) in [6.45, 7) is 14.0. The topological polar surface area (TPSA) is 33.7 Å². The molecular weight excluding hydrogens is 252 g/mol. The van der Waals surface area contributed by atoms with Crippen LogP contribution in [0, 0.1) is 5.92 Å². The van der Waals surface area contributed by atoms with Crippen LogP contribution in [0.1, 0.15) is 40.0 Å². The average molecular weight is 286 g/mol. The van der Waals surface area contributed by atoms with Gasteiger partial charge in [0, 0.05) is 32.3 Å². The maximum Gasteiger partial charge on any atom is 0.0593 e. The molecule has 0 saturated heterocycles. The Hall–Kier alpha value is -0.160. The Morgan fingerprint density at radius 2 is 1.65 bits per heavy atom. The van der Waals surface area contributed by atoms with Crippen molar-refractivity contribution in [3.63, 3.8) is 0 Å². The maximum absolute atomic E-state index is 5.52. The monoisotopic (exact) mass is 286 g/mol. The van der Waals surface area contributed by atoms with Crippen LogP contribution in [0.25, 0.3) is 0 Å². The van der Waals surface area contributed by atoms with Crippen LogP contribution >= 0.6 is 0 Å². The highest BCUT2D eigenvalue weighted by Gasteiger charge is 2.34. The van der Waals surface area contributed by atoms with Gasteiger partial charge in [-0.1, -0.05) is 6.92 Å². The quantitative estimate of drug-likeness (QED) is 0.526. The molecule has 2 unspecified atom stereocenters. The van der Waals surface area contributed by atoms with Crippen LogP contribution in [-0.2, 0) is 9.47 Å². The molecule has 1 saturated carbocycles. The van der Waals surface area contributed by atoms with E-state index < -0.39 is 0 Å². The second-order valence-electron chi connectivity index (χ2n) is 5.54. The van der Waals surface area contributed by atoms with Gasteiger partial charge in [0.1, 0.15) is 0 Å². The van der Waals surface area contributed by atoms with Gasteiger partial charge in [0.2, 0.25) is 0 Å². The lowest BCUT2D eigenvalue weighted by molar-refractivity contribution is 0.0119.